The Labute approximate surface area is 127 Å². The molecule has 4 heteroatoms. The van der Waals surface area contributed by atoms with Gasteiger partial charge in [0.2, 0.25) is 0 Å². The zero-order valence-electron chi connectivity index (χ0n) is 11.5. The first-order valence-electron chi connectivity index (χ1n) is 6.58. The van der Waals surface area contributed by atoms with E-state index in [1.54, 1.807) is 13.2 Å². The van der Waals surface area contributed by atoms with E-state index in [1.165, 1.54) is 0 Å². The van der Waals surface area contributed by atoms with Gasteiger partial charge in [-0.1, -0.05) is 29.8 Å². The number of benzene rings is 2. The van der Waals surface area contributed by atoms with E-state index in [-0.39, 0.29) is 0 Å². The first-order chi connectivity index (χ1) is 10.2. The zero-order valence-corrected chi connectivity index (χ0v) is 12.3. The topological polar surface area (TPSA) is 31.2 Å². The van der Waals surface area contributed by atoms with Crippen LogP contribution in [0.15, 0.2) is 48.7 Å². The third-order valence-electron chi connectivity index (χ3n) is 3.51. The second kappa shape index (κ2) is 5.62. The van der Waals surface area contributed by atoms with Gasteiger partial charge in [-0.05, 0) is 29.8 Å². The van der Waals surface area contributed by atoms with Crippen LogP contribution in [0.5, 0.6) is 5.75 Å². The summed E-state index contributed by atoms with van der Waals surface area (Å²) in [5.41, 5.74) is 2.76. The molecule has 3 nitrogen and oxygen atoms in total. The summed E-state index contributed by atoms with van der Waals surface area (Å²) >= 11 is 6.07. The lowest BCUT2D eigenvalue weighted by Gasteiger charge is -2.07. The van der Waals surface area contributed by atoms with Gasteiger partial charge in [-0.2, -0.15) is 0 Å². The lowest BCUT2D eigenvalue weighted by atomic mass is 10.2. The molecule has 0 aliphatic carbocycles. The quantitative estimate of drug-likeness (QED) is 0.677. The van der Waals surface area contributed by atoms with Gasteiger partial charge in [0.25, 0.3) is 0 Å². The van der Waals surface area contributed by atoms with Gasteiger partial charge in [-0.3, -0.25) is 4.79 Å². The molecule has 3 aromatic rings. The van der Waals surface area contributed by atoms with Crippen molar-refractivity contribution >= 4 is 28.8 Å². The standard InChI is InChI=1S/C17H14ClNO2/c1-21-15-5-2-12(3-6-15)9-19-10-13(11-20)16-7-4-14(18)8-17(16)19/h2-8,10-11H,9H2,1H3. The third kappa shape index (κ3) is 2.65. The number of aromatic nitrogens is 1. The molecule has 1 aromatic heterocycles. The second-order valence-corrected chi connectivity index (χ2v) is 5.28. The average molecular weight is 300 g/mol. The molecule has 0 atom stereocenters. The molecule has 2 aromatic carbocycles. The van der Waals surface area contributed by atoms with Crippen LogP contribution in [-0.4, -0.2) is 18.0 Å². The Kier molecular flexibility index (Phi) is 3.67. The molecule has 0 unspecified atom stereocenters. The molecule has 0 amide bonds. The van der Waals surface area contributed by atoms with E-state index >= 15 is 0 Å². The number of aldehydes is 1. The number of carbonyl (C=O) groups excluding carboxylic acids is 1. The van der Waals surface area contributed by atoms with Gasteiger partial charge in [0.1, 0.15) is 5.75 Å². The summed E-state index contributed by atoms with van der Waals surface area (Å²) < 4.78 is 7.19. The number of hydrogen-bond donors (Lipinski definition) is 0. The largest absolute Gasteiger partial charge is 0.497 e. The van der Waals surface area contributed by atoms with Crippen LogP contribution >= 0.6 is 11.6 Å². The van der Waals surface area contributed by atoms with Crippen molar-refractivity contribution in [1.82, 2.24) is 4.57 Å². The summed E-state index contributed by atoms with van der Waals surface area (Å²) in [6.07, 6.45) is 2.74. The van der Waals surface area contributed by atoms with Gasteiger partial charge in [-0.25, -0.2) is 0 Å². The van der Waals surface area contributed by atoms with E-state index in [0.29, 0.717) is 17.1 Å². The highest BCUT2D eigenvalue weighted by molar-refractivity contribution is 6.31. The lowest BCUT2D eigenvalue weighted by Crippen LogP contribution is -1.98. The number of nitrogens with zero attached hydrogens (tertiary/aromatic N) is 1. The molecular formula is C17H14ClNO2. The molecule has 0 aliphatic heterocycles. The summed E-state index contributed by atoms with van der Waals surface area (Å²) in [7, 11) is 1.65. The number of hydrogen-bond acceptors (Lipinski definition) is 2. The van der Waals surface area contributed by atoms with Gasteiger partial charge in [0.15, 0.2) is 6.29 Å². The maximum absolute atomic E-state index is 11.2. The van der Waals surface area contributed by atoms with Crippen molar-refractivity contribution in [2.45, 2.75) is 6.54 Å². The summed E-state index contributed by atoms with van der Waals surface area (Å²) in [6.45, 7) is 0.675. The Bertz CT molecular complexity index is 790. The Morgan fingerprint density at radius 1 is 1.19 bits per heavy atom. The first kappa shape index (κ1) is 13.7. The molecule has 0 saturated carbocycles. The second-order valence-electron chi connectivity index (χ2n) is 4.84. The maximum Gasteiger partial charge on any atom is 0.152 e. The van der Waals surface area contributed by atoms with Crippen molar-refractivity contribution in [2.24, 2.45) is 0 Å². The van der Waals surface area contributed by atoms with E-state index in [2.05, 4.69) is 0 Å². The Morgan fingerprint density at radius 3 is 2.62 bits per heavy atom. The molecule has 0 fully saturated rings. The van der Waals surface area contributed by atoms with Gasteiger partial charge in [0, 0.05) is 28.7 Å². The van der Waals surface area contributed by atoms with Crippen LogP contribution in [0.2, 0.25) is 5.02 Å². The highest BCUT2D eigenvalue weighted by Crippen LogP contribution is 2.25. The Hall–Kier alpha value is -2.26. The van der Waals surface area contributed by atoms with Gasteiger partial charge < -0.3 is 9.30 Å². The molecule has 3 rings (SSSR count). The number of halogens is 1. The van der Waals surface area contributed by atoms with Crippen LogP contribution in [0.25, 0.3) is 10.9 Å². The van der Waals surface area contributed by atoms with Gasteiger partial charge in [0.05, 0.1) is 12.6 Å². The number of carbonyl (C=O) groups is 1. The summed E-state index contributed by atoms with van der Waals surface area (Å²) in [4.78, 5) is 11.2. The van der Waals surface area contributed by atoms with Crippen LogP contribution < -0.4 is 4.74 Å². The normalized spacial score (nSPS) is 10.8. The van der Waals surface area contributed by atoms with E-state index in [0.717, 1.165) is 28.5 Å². The molecule has 0 N–H and O–H groups in total. The number of fused-ring (bicyclic) bond motifs is 1. The smallest absolute Gasteiger partial charge is 0.152 e. The lowest BCUT2D eigenvalue weighted by molar-refractivity contribution is 0.112. The van der Waals surface area contributed by atoms with Crippen molar-refractivity contribution < 1.29 is 9.53 Å². The number of rotatable bonds is 4. The van der Waals surface area contributed by atoms with Crippen LogP contribution in [0.3, 0.4) is 0 Å². The highest BCUT2D eigenvalue weighted by Gasteiger charge is 2.09. The van der Waals surface area contributed by atoms with Crippen LogP contribution in [0.4, 0.5) is 0 Å². The maximum atomic E-state index is 11.2. The first-order valence-corrected chi connectivity index (χ1v) is 6.95. The van der Waals surface area contributed by atoms with E-state index in [9.17, 15) is 4.79 Å². The van der Waals surface area contributed by atoms with Crippen LogP contribution in [0, 0.1) is 0 Å². The number of ether oxygens (including phenoxy) is 1. The number of methoxy groups -OCH3 is 1. The predicted molar refractivity (Wildman–Crippen MR) is 84.4 cm³/mol. The van der Waals surface area contributed by atoms with Crippen molar-refractivity contribution in [3.8, 4) is 5.75 Å². The highest BCUT2D eigenvalue weighted by atomic mass is 35.5. The van der Waals surface area contributed by atoms with Gasteiger partial charge in [-0.15, -0.1) is 0 Å². The fourth-order valence-corrected chi connectivity index (χ4v) is 2.61. The monoisotopic (exact) mass is 299 g/mol. The van der Waals surface area contributed by atoms with E-state index in [1.807, 2.05) is 47.2 Å². The van der Waals surface area contributed by atoms with Gasteiger partial charge >= 0.3 is 0 Å². The molecule has 0 saturated heterocycles. The van der Waals surface area contributed by atoms with Crippen molar-refractivity contribution in [3.05, 3.63) is 64.8 Å². The third-order valence-corrected chi connectivity index (χ3v) is 3.75. The van der Waals surface area contributed by atoms with E-state index < -0.39 is 0 Å². The summed E-state index contributed by atoms with van der Waals surface area (Å²) in [5.74, 6) is 0.827. The fraction of sp³-hybridized carbons (Fsp3) is 0.118. The summed E-state index contributed by atoms with van der Waals surface area (Å²) in [5, 5.41) is 1.58. The van der Waals surface area contributed by atoms with Crippen molar-refractivity contribution in [1.29, 1.82) is 0 Å². The molecule has 1 heterocycles. The minimum Gasteiger partial charge on any atom is -0.497 e. The predicted octanol–water partition coefficient (Wildman–Crippen LogP) is 4.16. The summed E-state index contributed by atoms with van der Waals surface area (Å²) in [6, 6.07) is 13.4. The minimum absolute atomic E-state index is 0.661. The zero-order chi connectivity index (χ0) is 14.8. The molecule has 106 valence electrons. The molecule has 0 radical (unpaired) electrons. The van der Waals surface area contributed by atoms with Crippen molar-refractivity contribution in [2.75, 3.05) is 7.11 Å². The fourth-order valence-electron chi connectivity index (χ4n) is 2.45. The molecule has 0 spiro atoms. The minimum atomic E-state index is 0.661. The Balaban J connectivity index is 2.02. The molecular weight excluding hydrogens is 286 g/mol. The SMILES string of the molecule is COc1ccc(Cn2cc(C=O)c3ccc(Cl)cc32)cc1. The van der Waals surface area contributed by atoms with E-state index in [4.69, 9.17) is 16.3 Å². The molecule has 0 aliphatic rings. The molecule has 21 heavy (non-hydrogen) atoms. The van der Waals surface area contributed by atoms with Crippen LogP contribution in [0.1, 0.15) is 15.9 Å². The average Bonchev–Trinajstić information content (AvgIpc) is 2.85. The Morgan fingerprint density at radius 2 is 1.95 bits per heavy atom. The molecule has 0 bridgehead atoms. The van der Waals surface area contributed by atoms with Crippen LogP contribution in [-0.2, 0) is 6.54 Å². The van der Waals surface area contributed by atoms with Crippen molar-refractivity contribution in [3.63, 3.8) is 0 Å².